The van der Waals surface area contributed by atoms with Gasteiger partial charge >= 0.3 is 5.97 Å². The Hall–Kier alpha value is -3.55. The molecule has 28 heavy (non-hydrogen) atoms. The Bertz CT molecular complexity index is 802. The van der Waals surface area contributed by atoms with Crippen LogP contribution in [0.3, 0.4) is 0 Å². The maximum Gasteiger partial charge on any atom is 0.306 e. The molecule has 0 aromatic heterocycles. The Morgan fingerprint density at radius 3 is 1.96 bits per heavy atom. The number of amides is 2. The zero-order valence-electron chi connectivity index (χ0n) is 15.7. The third kappa shape index (κ3) is 6.64. The van der Waals surface area contributed by atoms with E-state index in [1.54, 1.807) is 43.5 Å². The number of hydrazine groups is 1. The van der Waals surface area contributed by atoms with Gasteiger partial charge in [0, 0.05) is 12.0 Å². The molecule has 2 rings (SSSR count). The van der Waals surface area contributed by atoms with Gasteiger partial charge in [0.05, 0.1) is 14.2 Å². The summed E-state index contributed by atoms with van der Waals surface area (Å²) in [7, 11) is 3.10. The highest BCUT2D eigenvalue weighted by Gasteiger charge is 2.10. The zero-order chi connectivity index (χ0) is 20.4. The summed E-state index contributed by atoms with van der Waals surface area (Å²) >= 11 is 0. The maximum absolute atomic E-state index is 11.9. The molecule has 148 valence electrons. The topological polar surface area (TPSA) is 103 Å². The van der Waals surface area contributed by atoms with Crippen molar-refractivity contribution in [3.63, 3.8) is 0 Å². The number of carbonyl (C=O) groups excluding carboxylic acids is 3. The molecule has 0 aliphatic rings. The number of nitrogens with one attached hydrogen (secondary N) is 2. The molecule has 8 nitrogen and oxygen atoms in total. The highest BCUT2D eigenvalue weighted by Crippen LogP contribution is 2.13. The van der Waals surface area contributed by atoms with Crippen molar-refractivity contribution < 1.29 is 28.6 Å². The van der Waals surface area contributed by atoms with Gasteiger partial charge in [0.2, 0.25) is 0 Å². The lowest BCUT2D eigenvalue weighted by atomic mass is 10.1. The number of carbonyl (C=O) groups is 3. The molecule has 2 aromatic carbocycles. The predicted octanol–water partition coefficient (Wildman–Crippen LogP) is 1.64. The average Bonchev–Trinajstić information content (AvgIpc) is 2.74. The van der Waals surface area contributed by atoms with Crippen LogP contribution >= 0.6 is 0 Å². The number of esters is 1. The molecule has 0 saturated heterocycles. The quantitative estimate of drug-likeness (QED) is 0.528. The molecular formula is C20H22N2O6. The van der Waals surface area contributed by atoms with E-state index in [9.17, 15) is 14.4 Å². The van der Waals surface area contributed by atoms with Crippen LogP contribution in [-0.4, -0.2) is 38.6 Å². The molecular weight excluding hydrogens is 364 g/mol. The summed E-state index contributed by atoms with van der Waals surface area (Å²) < 4.78 is 15.0. The molecule has 2 amide bonds. The Kier molecular flexibility index (Phi) is 7.83. The van der Waals surface area contributed by atoms with E-state index in [0.717, 1.165) is 11.3 Å². The van der Waals surface area contributed by atoms with E-state index in [1.807, 2.05) is 12.1 Å². The Balaban J connectivity index is 1.66. The second-order valence-corrected chi connectivity index (χ2v) is 5.74. The Labute approximate surface area is 162 Å². The van der Waals surface area contributed by atoms with Gasteiger partial charge in [-0.25, -0.2) is 0 Å². The fourth-order valence-electron chi connectivity index (χ4n) is 2.23. The second kappa shape index (κ2) is 10.6. The lowest BCUT2D eigenvalue weighted by molar-refractivity contribution is -0.148. The SMILES string of the molecule is COc1ccc(CCC(=O)OCC(=O)NNC(=O)c2ccc(OC)cc2)cc1. The molecule has 0 saturated carbocycles. The first kappa shape index (κ1) is 20.8. The van der Waals surface area contributed by atoms with Gasteiger partial charge in [-0.15, -0.1) is 0 Å². The summed E-state index contributed by atoms with van der Waals surface area (Å²) in [6.07, 6.45) is 0.621. The standard InChI is InChI=1S/C20H22N2O6/c1-26-16-8-3-14(4-9-16)5-12-19(24)28-13-18(23)21-22-20(25)15-6-10-17(27-2)11-7-15/h3-4,6-11H,5,12-13H2,1-2H3,(H,21,23)(H,22,25). The van der Waals surface area contributed by atoms with Gasteiger partial charge in [-0.2, -0.15) is 0 Å². The van der Waals surface area contributed by atoms with E-state index in [0.29, 0.717) is 17.7 Å². The summed E-state index contributed by atoms with van der Waals surface area (Å²) in [6.45, 7) is -0.482. The third-order valence-electron chi connectivity index (χ3n) is 3.81. The van der Waals surface area contributed by atoms with Crippen molar-refractivity contribution >= 4 is 17.8 Å². The second-order valence-electron chi connectivity index (χ2n) is 5.74. The summed E-state index contributed by atoms with van der Waals surface area (Å²) in [6, 6.07) is 13.7. The normalized spacial score (nSPS) is 9.93. The van der Waals surface area contributed by atoms with Gasteiger partial charge in [-0.3, -0.25) is 25.2 Å². The van der Waals surface area contributed by atoms with E-state index >= 15 is 0 Å². The summed E-state index contributed by atoms with van der Waals surface area (Å²) in [5.74, 6) is -0.296. The summed E-state index contributed by atoms with van der Waals surface area (Å²) in [5.41, 5.74) is 5.73. The third-order valence-corrected chi connectivity index (χ3v) is 3.81. The van der Waals surface area contributed by atoms with E-state index in [2.05, 4.69) is 10.9 Å². The van der Waals surface area contributed by atoms with E-state index in [1.165, 1.54) is 7.11 Å². The van der Waals surface area contributed by atoms with Gasteiger partial charge in [-0.1, -0.05) is 12.1 Å². The largest absolute Gasteiger partial charge is 0.497 e. The fourth-order valence-corrected chi connectivity index (χ4v) is 2.23. The van der Waals surface area contributed by atoms with Crippen LogP contribution in [0.2, 0.25) is 0 Å². The summed E-state index contributed by atoms with van der Waals surface area (Å²) in [4.78, 5) is 35.3. The number of hydrogen-bond donors (Lipinski definition) is 2. The molecule has 0 aliphatic heterocycles. The van der Waals surface area contributed by atoms with Crippen LogP contribution in [-0.2, 0) is 20.7 Å². The van der Waals surface area contributed by atoms with Crippen molar-refractivity contribution in [3.05, 3.63) is 59.7 Å². The average molecular weight is 386 g/mol. The molecule has 0 spiro atoms. The molecule has 8 heteroatoms. The number of methoxy groups -OCH3 is 2. The highest BCUT2D eigenvalue weighted by molar-refractivity contribution is 5.95. The molecule has 0 unspecified atom stereocenters. The lowest BCUT2D eigenvalue weighted by Crippen LogP contribution is -2.43. The van der Waals surface area contributed by atoms with Crippen molar-refractivity contribution in [2.75, 3.05) is 20.8 Å². The van der Waals surface area contributed by atoms with Crippen molar-refractivity contribution in [2.45, 2.75) is 12.8 Å². The molecule has 0 bridgehead atoms. The fraction of sp³-hybridized carbons (Fsp3) is 0.250. The number of rotatable bonds is 8. The lowest BCUT2D eigenvalue weighted by Gasteiger charge is -2.09. The molecule has 0 atom stereocenters. The van der Waals surface area contributed by atoms with Crippen molar-refractivity contribution in [1.82, 2.24) is 10.9 Å². The first-order valence-corrected chi connectivity index (χ1v) is 8.53. The smallest absolute Gasteiger partial charge is 0.306 e. The van der Waals surface area contributed by atoms with E-state index in [-0.39, 0.29) is 6.42 Å². The zero-order valence-corrected chi connectivity index (χ0v) is 15.7. The van der Waals surface area contributed by atoms with Crippen LogP contribution in [0.15, 0.2) is 48.5 Å². The van der Waals surface area contributed by atoms with Crippen LogP contribution in [0.1, 0.15) is 22.3 Å². The Morgan fingerprint density at radius 2 is 1.39 bits per heavy atom. The first-order valence-electron chi connectivity index (χ1n) is 8.53. The van der Waals surface area contributed by atoms with Crippen LogP contribution in [0.4, 0.5) is 0 Å². The van der Waals surface area contributed by atoms with Gasteiger partial charge in [-0.05, 0) is 48.4 Å². The molecule has 0 heterocycles. The van der Waals surface area contributed by atoms with Crippen molar-refractivity contribution in [1.29, 1.82) is 0 Å². The number of aryl methyl sites for hydroxylation is 1. The number of hydrogen-bond acceptors (Lipinski definition) is 6. The minimum absolute atomic E-state index is 0.137. The van der Waals surface area contributed by atoms with Crippen molar-refractivity contribution in [3.8, 4) is 11.5 Å². The molecule has 0 radical (unpaired) electrons. The summed E-state index contributed by atoms with van der Waals surface area (Å²) in [5, 5.41) is 0. The molecule has 2 aromatic rings. The van der Waals surface area contributed by atoms with E-state index < -0.39 is 24.4 Å². The molecule has 2 N–H and O–H groups in total. The Morgan fingerprint density at radius 1 is 0.821 bits per heavy atom. The van der Waals surface area contributed by atoms with Gasteiger partial charge in [0.25, 0.3) is 11.8 Å². The van der Waals surface area contributed by atoms with Crippen LogP contribution < -0.4 is 20.3 Å². The maximum atomic E-state index is 11.9. The monoisotopic (exact) mass is 386 g/mol. The predicted molar refractivity (Wildman–Crippen MR) is 101 cm³/mol. The first-order chi connectivity index (χ1) is 13.5. The highest BCUT2D eigenvalue weighted by atomic mass is 16.5. The van der Waals surface area contributed by atoms with Crippen LogP contribution in [0.5, 0.6) is 11.5 Å². The van der Waals surface area contributed by atoms with Crippen molar-refractivity contribution in [2.24, 2.45) is 0 Å². The number of ether oxygens (including phenoxy) is 3. The van der Waals surface area contributed by atoms with Gasteiger partial charge in [0.15, 0.2) is 6.61 Å². The van der Waals surface area contributed by atoms with Gasteiger partial charge in [0.1, 0.15) is 11.5 Å². The van der Waals surface area contributed by atoms with Crippen LogP contribution in [0.25, 0.3) is 0 Å². The van der Waals surface area contributed by atoms with Crippen LogP contribution in [0, 0.1) is 0 Å². The van der Waals surface area contributed by atoms with E-state index in [4.69, 9.17) is 14.2 Å². The molecule has 0 fully saturated rings. The minimum atomic E-state index is -0.639. The van der Waals surface area contributed by atoms with Gasteiger partial charge < -0.3 is 14.2 Å². The molecule has 0 aliphatic carbocycles. The minimum Gasteiger partial charge on any atom is -0.497 e. The number of benzene rings is 2.